The average Bonchev–Trinajstić information content (AvgIpc) is 3.17. The fraction of sp³-hybridized carbons (Fsp3) is 0.333. The summed E-state index contributed by atoms with van der Waals surface area (Å²) in [5.41, 5.74) is 1.58. The van der Waals surface area contributed by atoms with Crippen molar-refractivity contribution in [3.63, 3.8) is 0 Å². The lowest BCUT2D eigenvalue weighted by atomic mass is 9.89. The zero-order valence-electron chi connectivity index (χ0n) is 17.3. The smallest absolute Gasteiger partial charge is 0.254 e. The van der Waals surface area contributed by atoms with E-state index in [-0.39, 0.29) is 45.6 Å². The van der Waals surface area contributed by atoms with Gasteiger partial charge in [-0.2, -0.15) is 0 Å². The zero-order valence-corrected chi connectivity index (χ0v) is 17.3. The predicted octanol–water partition coefficient (Wildman–Crippen LogP) is 2.72. The van der Waals surface area contributed by atoms with Crippen LogP contribution in [0.15, 0.2) is 42.7 Å². The van der Waals surface area contributed by atoms with Crippen LogP contribution < -0.4 is 5.32 Å². The Morgan fingerprint density at radius 2 is 1.87 bits per heavy atom. The van der Waals surface area contributed by atoms with Gasteiger partial charge in [0.2, 0.25) is 5.78 Å². The number of ketones is 2. The van der Waals surface area contributed by atoms with Gasteiger partial charge in [0.05, 0.1) is 22.2 Å². The SMILES string of the molecule is O=C1c2cccnc2C(=O)c2c1c(C(=O)NCCCN1CCCCC1)c1ccccn21. The Hall–Kier alpha value is -3.32. The first-order valence-electron chi connectivity index (χ1n) is 10.8. The van der Waals surface area contributed by atoms with Crippen LogP contribution in [-0.2, 0) is 0 Å². The second kappa shape index (κ2) is 8.07. The maximum atomic E-state index is 13.3. The number of aromatic nitrogens is 2. The number of carbonyl (C=O) groups is 3. The molecule has 158 valence electrons. The highest BCUT2D eigenvalue weighted by Crippen LogP contribution is 2.32. The number of rotatable bonds is 5. The van der Waals surface area contributed by atoms with E-state index in [4.69, 9.17) is 0 Å². The molecular formula is C24H24N4O3. The summed E-state index contributed by atoms with van der Waals surface area (Å²) in [6, 6.07) is 8.56. The van der Waals surface area contributed by atoms with Crippen molar-refractivity contribution in [1.29, 1.82) is 0 Å². The maximum absolute atomic E-state index is 13.3. The van der Waals surface area contributed by atoms with E-state index in [9.17, 15) is 14.4 Å². The zero-order chi connectivity index (χ0) is 21.4. The molecule has 1 N–H and O–H groups in total. The molecule has 1 fully saturated rings. The molecule has 4 heterocycles. The van der Waals surface area contributed by atoms with Crippen LogP contribution in [0.1, 0.15) is 68.1 Å². The van der Waals surface area contributed by atoms with E-state index < -0.39 is 0 Å². The fourth-order valence-corrected chi connectivity index (χ4v) is 4.67. The third-order valence-electron chi connectivity index (χ3n) is 6.17. The van der Waals surface area contributed by atoms with Crippen LogP contribution in [0.4, 0.5) is 0 Å². The molecule has 3 aromatic rings. The number of nitrogens with one attached hydrogen (secondary N) is 1. The first kappa shape index (κ1) is 19.6. The number of amides is 1. The van der Waals surface area contributed by atoms with Gasteiger partial charge in [-0.15, -0.1) is 0 Å². The van der Waals surface area contributed by atoms with Crippen LogP contribution in [0.25, 0.3) is 5.52 Å². The number of likely N-dealkylation sites (tertiary alicyclic amines) is 1. The second-order valence-corrected chi connectivity index (χ2v) is 8.12. The first-order chi connectivity index (χ1) is 15.2. The van der Waals surface area contributed by atoms with Gasteiger partial charge < -0.3 is 14.6 Å². The summed E-state index contributed by atoms with van der Waals surface area (Å²) in [5.74, 6) is -0.993. The highest BCUT2D eigenvalue weighted by Gasteiger charge is 2.38. The van der Waals surface area contributed by atoms with E-state index in [1.807, 2.05) is 0 Å². The van der Waals surface area contributed by atoms with Gasteiger partial charge in [-0.1, -0.05) is 12.5 Å². The Morgan fingerprint density at radius 3 is 2.71 bits per heavy atom. The molecule has 0 unspecified atom stereocenters. The maximum Gasteiger partial charge on any atom is 0.254 e. The number of hydrogen-bond donors (Lipinski definition) is 1. The molecule has 31 heavy (non-hydrogen) atoms. The fourth-order valence-electron chi connectivity index (χ4n) is 4.67. The minimum absolute atomic E-state index is 0.136. The third kappa shape index (κ3) is 3.35. The van der Waals surface area contributed by atoms with E-state index >= 15 is 0 Å². The lowest BCUT2D eigenvalue weighted by Gasteiger charge is -2.26. The highest BCUT2D eigenvalue weighted by atomic mass is 16.2. The van der Waals surface area contributed by atoms with Crippen LogP contribution in [0.3, 0.4) is 0 Å². The Bertz CT molecular complexity index is 1190. The minimum atomic E-state index is -0.337. The molecule has 3 aromatic heterocycles. The number of hydrogen-bond acceptors (Lipinski definition) is 5. The summed E-state index contributed by atoms with van der Waals surface area (Å²) < 4.78 is 1.63. The van der Waals surface area contributed by atoms with Crippen LogP contribution >= 0.6 is 0 Å². The van der Waals surface area contributed by atoms with Crippen molar-refractivity contribution in [2.24, 2.45) is 0 Å². The summed E-state index contributed by atoms with van der Waals surface area (Å²) in [6.45, 7) is 3.71. The van der Waals surface area contributed by atoms with E-state index in [2.05, 4.69) is 15.2 Å². The molecule has 1 aliphatic carbocycles. The van der Waals surface area contributed by atoms with Crippen LogP contribution in [-0.4, -0.2) is 57.9 Å². The van der Waals surface area contributed by atoms with E-state index in [1.165, 1.54) is 25.5 Å². The van der Waals surface area contributed by atoms with Crippen LogP contribution in [0.5, 0.6) is 0 Å². The molecule has 0 atom stereocenters. The third-order valence-corrected chi connectivity index (χ3v) is 6.17. The van der Waals surface area contributed by atoms with Crippen LogP contribution in [0, 0.1) is 0 Å². The number of fused-ring (bicyclic) bond motifs is 4. The molecule has 1 amide bonds. The topological polar surface area (TPSA) is 83.8 Å². The van der Waals surface area contributed by atoms with Gasteiger partial charge in [-0.25, -0.2) is 0 Å². The van der Waals surface area contributed by atoms with Crippen molar-refractivity contribution in [3.8, 4) is 0 Å². The number of carbonyl (C=O) groups excluding carboxylic acids is 3. The number of piperidine rings is 1. The number of pyridine rings is 2. The van der Waals surface area contributed by atoms with Gasteiger partial charge in [0.1, 0.15) is 11.4 Å². The molecule has 0 saturated carbocycles. The van der Waals surface area contributed by atoms with Crippen molar-refractivity contribution >= 4 is 23.0 Å². The lowest BCUT2D eigenvalue weighted by Crippen LogP contribution is -2.33. The Labute approximate surface area is 180 Å². The monoisotopic (exact) mass is 416 g/mol. The van der Waals surface area contributed by atoms with E-state index in [1.54, 1.807) is 40.9 Å². The second-order valence-electron chi connectivity index (χ2n) is 8.12. The molecule has 2 aliphatic rings. The van der Waals surface area contributed by atoms with Crippen molar-refractivity contribution in [2.45, 2.75) is 25.7 Å². The normalized spacial score (nSPS) is 16.3. The quantitative estimate of drug-likeness (QED) is 0.506. The molecular weight excluding hydrogens is 392 g/mol. The molecule has 7 nitrogen and oxygen atoms in total. The standard InChI is InChI=1S/C24H24N4O3/c29-22-16-8-6-10-25-20(16)23(30)21-19(22)18(17-9-2-5-15-28(17)21)24(31)26-11-7-14-27-12-3-1-4-13-27/h2,5-6,8-10,15H,1,3-4,7,11-14H2,(H,26,31). The first-order valence-corrected chi connectivity index (χ1v) is 10.8. The van der Waals surface area contributed by atoms with Crippen molar-refractivity contribution < 1.29 is 14.4 Å². The van der Waals surface area contributed by atoms with Gasteiger partial charge in [0.25, 0.3) is 5.91 Å². The van der Waals surface area contributed by atoms with Gasteiger partial charge in [0.15, 0.2) is 5.78 Å². The molecule has 1 aliphatic heterocycles. The molecule has 0 spiro atoms. The molecule has 0 radical (unpaired) electrons. The lowest BCUT2D eigenvalue weighted by molar-refractivity contribution is 0.0937. The molecule has 5 rings (SSSR count). The van der Waals surface area contributed by atoms with Crippen LogP contribution in [0.2, 0.25) is 0 Å². The Balaban J connectivity index is 1.45. The summed E-state index contributed by atoms with van der Waals surface area (Å²) in [7, 11) is 0. The average molecular weight is 416 g/mol. The molecule has 7 heteroatoms. The van der Waals surface area contributed by atoms with Crippen molar-refractivity contribution in [1.82, 2.24) is 19.6 Å². The van der Waals surface area contributed by atoms with Gasteiger partial charge in [0, 0.05) is 18.9 Å². The number of nitrogens with zero attached hydrogens (tertiary/aromatic N) is 3. The van der Waals surface area contributed by atoms with E-state index in [0.717, 1.165) is 26.1 Å². The largest absolute Gasteiger partial charge is 0.352 e. The minimum Gasteiger partial charge on any atom is -0.352 e. The van der Waals surface area contributed by atoms with E-state index in [0.29, 0.717) is 12.1 Å². The van der Waals surface area contributed by atoms with Gasteiger partial charge in [-0.3, -0.25) is 19.4 Å². The Kier molecular flexibility index (Phi) is 5.11. The summed E-state index contributed by atoms with van der Waals surface area (Å²) in [6.07, 6.45) is 7.83. The van der Waals surface area contributed by atoms with Crippen molar-refractivity contribution in [3.05, 3.63) is 70.8 Å². The van der Waals surface area contributed by atoms with Crippen molar-refractivity contribution in [2.75, 3.05) is 26.2 Å². The summed E-state index contributed by atoms with van der Waals surface area (Å²) in [4.78, 5) is 46.2. The molecule has 0 bridgehead atoms. The summed E-state index contributed by atoms with van der Waals surface area (Å²) in [5, 5.41) is 2.97. The predicted molar refractivity (Wildman–Crippen MR) is 116 cm³/mol. The molecule has 1 saturated heterocycles. The molecule has 0 aromatic carbocycles. The Morgan fingerprint density at radius 1 is 1.03 bits per heavy atom. The summed E-state index contributed by atoms with van der Waals surface area (Å²) >= 11 is 0. The van der Waals surface area contributed by atoms with Gasteiger partial charge >= 0.3 is 0 Å². The highest BCUT2D eigenvalue weighted by molar-refractivity contribution is 6.31. The van der Waals surface area contributed by atoms with Gasteiger partial charge in [-0.05, 0) is 63.2 Å².